The summed E-state index contributed by atoms with van der Waals surface area (Å²) in [4.78, 5) is 10.9. The minimum absolute atomic E-state index is 0.210. The fourth-order valence-corrected chi connectivity index (χ4v) is 1.29. The van der Waals surface area contributed by atoms with Crippen molar-refractivity contribution in [3.63, 3.8) is 0 Å². The molecule has 0 spiro atoms. The summed E-state index contributed by atoms with van der Waals surface area (Å²) in [6, 6.07) is 11.3. The normalized spacial score (nSPS) is 13.8. The van der Waals surface area contributed by atoms with Crippen LogP contribution in [-0.4, -0.2) is 5.91 Å². The average molecular weight is 188 g/mol. The molecule has 1 amide bonds. The molecular formula is C11H12N2O. The van der Waals surface area contributed by atoms with Crippen molar-refractivity contribution >= 4 is 5.91 Å². The van der Waals surface area contributed by atoms with Crippen LogP contribution in [0, 0.1) is 11.3 Å². The van der Waals surface area contributed by atoms with Crippen LogP contribution in [0.15, 0.2) is 30.3 Å². The Morgan fingerprint density at radius 2 is 2.00 bits per heavy atom. The van der Waals surface area contributed by atoms with E-state index < -0.39 is 5.54 Å². The summed E-state index contributed by atoms with van der Waals surface area (Å²) in [7, 11) is 0. The van der Waals surface area contributed by atoms with Gasteiger partial charge in [0, 0.05) is 6.92 Å². The molecule has 1 aromatic rings. The highest BCUT2D eigenvalue weighted by molar-refractivity contribution is 5.74. The van der Waals surface area contributed by atoms with Gasteiger partial charge in [0.2, 0.25) is 5.91 Å². The van der Waals surface area contributed by atoms with E-state index in [0.717, 1.165) is 5.56 Å². The van der Waals surface area contributed by atoms with Crippen molar-refractivity contribution < 1.29 is 4.79 Å². The second-order valence-corrected chi connectivity index (χ2v) is 3.28. The van der Waals surface area contributed by atoms with Crippen LogP contribution in [0.5, 0.6) is 0 Å². The minimum atomic E-state index is -0.937. The third-order valence-electron chi connectivity index (χ3n) is 2.00. The molecule has 0 unspecified atom stereocenters. The van der Waals surface area contributed by atoms with Gasteiger partial charge in [0.25, 0.3) is 0 Å². The van der Waals surface area contributed by atoms with E-state index in [-0.39, 0.29) is 5.91 Å². The topological polar surface area (TPSA) is 52.9 Å². The van der Waals surface area contributed by atoms with Crippen molar-refractivity contribution in [1.29, 1.82) is 5.26 Å². The summed E-state index contributed by atoms with van der Waals surface area (Å²) >= 11 is 0. The fraction of sp³-hybridized carbons (Fsp3) is 0.273. The zero-order valence-electron chi connectivity index (χ0n) is 8.24. The Balaban J connectivity index is 3.03. The Kier molecular flexibility index (Phi) is 2.88. The van der Waals surface area contributed by atoms with E-state index in [1.807, 2.05) is 30.3 Å². The molecule has 3 heteroatoms. The lowest BCUT2D eigenvalue weighted by atomic mass is 9.94. The van der Waals surface area contributed by atoms with Crippen molar-refractivity contribution in [2.45, 2.75) is 19.4 Å². The predicted molar refractivity (Wildman–Crippen MR) is 53.2 cm³/mol. The minimum Gasteiger partial charge on any atom is -0.335 e. The molecular weight excluding hydrogens is 176 g/mol. The summed E-state index contributed by atoms with van der Waals surface area (Å²) in [5, 5.41) is 11.6. The van der Waals surface area contributed by atoms with Gasteiger partial charge in [-0.1, -0.05) is 30.3 Å². The monoisotopic (exact) mass is 188 g/mol. The van der Waals surface area contributed by atoms with Crippen LogP contribution >= 0.6 is 0 Å². The van der Waals surface area contributed by atoms with Gasteiger partial charge in [-0.25, -0.2) is 0 Å². The molecule has 0 aliphatic rings. The first-order chi connectivity index (χ1) is 6.58. The molecule has 0 radical (unpaired) electrons. The smallest absolute Gasteiger partial charge is 0.218 e. The van der Waals surface area contributed by atoms with Gasteiger partial charge in [-0.05, 0) is 12.5 Å². The molecule has 72 valence electrons. The maximum Gasteiger partial charge on any atom is 0.218 e. The van der Waals surface area contributed by atoms with E-state index in [0.29, 0.717) is 0 Å². The van der Waals surface area contributed by atoms with E-state index in [1.165, 1.54) is 6.92 Å². The van der Waals surface area contributed by atoms with Crippen LogP contribution in [-0.2, 0) is 10.3 Å². The number of carbonyl (C=O) groups excluding carboxylic acids is 1. The van der Waals surface area contributed by atoms with E-state index in [9.17, 15) is 4.79 Å². The van der Waals surface area contributed by atoms with Crippen molar-refractivity contribution in [1.82, 2.24) is 5.32 Å². The molecule has 0 aliphatic carbocycles. The molecule has 1 aromatic carbocycles. The van der Waals surface area contributed by atoms with Crippen molar-refractivity contribution in [2.75, 3.05) is 0 Å². The fourth-order valence-electron chi connectivity index (χ4n) is 1.29. The molecule has 3 nitrogen and oxygen atoms in total. The average Bonchev–Trinajstić information content (AvgIpc) is 2.18. The maximum absolute atomic E-state index is 10.9. The first-order valence-corrected chi connectivity index (χ1v) is 4.34. The number of benzene rings is 1. The molecule has 1 N–H and O–H groups in total. The molecule has 14 heavy (non-hydrogen) atoms. The van der Waals surface area contributed by atoms with Crippen LogP contribution in [0.25, 0.3) is 0 Å². The van der Waals surface area contributed by atoms with Crippen LogP contribution < -0.4 is 5.32 Å². The number of nitrogens with one attached hydrogen (secondary N) is 1. The summed E-state index contributed by atoms with van der Waals surface area (Å²) in [5.74, 6) is -0.210. The van der Waals surface area contributed by atoms with Gasteiger partial charge in [0.15, 0.2) is 0 Å². The number of carbonyl (C=O) groups is 1. The zero-order valence-corrected chi connectivity index (χ0v) is 8.24. The lowest BCUT2D eigenvalue weighted by Gasteiger charge is -2.22. The Morgan fingerprint density at radius 1 is 1.43 bits per heavy atom. The Morgan fingerprint density at radius 3 is 2.43 bits per heavy atom. The third kappa shape index (κ3) is 2.11. The zero-order chi connectivity index (χ0) is 10.6. The largest absolute Gasteiger partial charge is 0.335 e. The van der Waals surface area contributed by atoms with Crippen LogP contribution in [0.1, 0.15) is 19.4 Å². The van der Waals surface area contributed by atoms with Gasteiger partial charge >= 0.3 is 0 Å². The van der Waals surface area contributed by atoms with Gasteiger partial charge in [-0.3, -0.25) is 4.79 Å². The highest BCUT2D eigenvalue weighted by Crippen LogP contribution is 2.18. The number of amides is 1. The van der Waals surface area contributed by atoms with Gasteiger partial charge in [0.1, 0.15) is 5.54 Å². The molecule has 0 bridgehead atoms. The molecule has 1 rings (SSSR count). The standard InChI is InChI=1S/C11H12N2O/c1-9(14)13-11(2,8-12)10-6-4-3-5-7-10/h3-7H,1-2H3,(H,13,14)/t11-/m0/s1. The summed E-state index contributed by atoms with van der Waals surface area (Å²) in [5.41, 5.74) is -0.148. The van der Waals surface area contributed by atoms with Gasteiger partial charge in [0.05, 0.1) is 6.07 Å². The highest BCUT2D eigenvalue weighted by Gasteiger charge is 2.26. The second-order valence-electron chi connectivity index (χ2n) is 3.28. The Hall–Kier alpha value is -1.82. The quantitative estimate of drug-likeness (QED) is 0.765. The van der Waals surface area contributed by atoms with Gasteiger partial charge in [-0.15, -0.1) is 0 Å². The van der Waals surface area contributed by atoms with Crippen molar-refractivity contribution in [3.8, 4) is 6.07 Å². The molecule has 0 fully saturated rings. The first kappa shape index (κ1) is 10.3. The van der Waals surface area contributed by atoms with E-state index in [1.54, 1.807) is 6.92 Å². The second kappa shape index (κ2) is 3.93. The Bertz CT molecular complexity index is 367. The summed E-state index contributed by atoms with van der Waals surface area (Å²) in [6.07, 6.45) is 0. The third-order valence-corrected chi connectivity index (χ3v) is 2.00. The SMILES string of the molecule is CC(=O)N[C@@](C)(C#N)c1ccccc1. The number of rotatable bonds is 2. The van der Waals surface area contributed by atoms with E-state index in [4.69, 9.17) is 5.26 Å². The van der Waals surface area contributed by atoms with Crippen LogP contribution in [0.3, 0.4) is 0 Å². The summed E-state index contributed by atoms with van der Waals surface area (Å²) < 4.78 is 0. The predicted octanol–water partition coefficient (Wildman–Crippen LogP) is 1.56. The Labute approximate surface area is 83.4 Å². The maximum atomic E-state index is 10.9. The number of nitrogens with zero attached hydrogens (tertiary/aromatic N) is 1. The van der Waals surface area contributed by atoms with Crippen LogP contribution in [0.4, 0.5) is 0 Å². The van der Waals surface area contributed by atoms with Gasteiger partial charge < -0.3 is 5.32 Å². The van der Waals surface area contributed by atoms with Crippen molar-refractivity contribution in [3.05, 3.63) is 35.9 Å². The van der Waals surface area contributed by atoms with Crippen molar-refractivity contribution in [2.24, 2.45) is 0 Å². The molecule has 0 heterocycles. The lowest BCUT2D eigenvalue weighted by Crippen LogP contribution is -2.41. The number of hydrogen-bond acceptors (Lipinski definition) is 2. The number of nitriles is 1. The molecule has 0 aromatic heterocycles. The molecule has 1 atom stereocenters. The van der Waals surface area contributed by atoms with E-state index in [2.05, 4.69) is 11.4 Å². The highest BCUT2D eigenvalue weighted by atomic mass is 16.1. The molecule has 0 saturated carbocycles. The molecule has 0 saturated heterocycles. The summed E-state index contributed by atoms with van der Waals surface area (Å²) in [6.45, 7) is 3.09. The van der Waals surface area contributed by atoms with E-state index >= 15 is 0 Å². The lowest BCUT2D eigenvalue weighted by molar-refractivity contribution is -0.120. The van der Waals surface area contributed by atoms with Crippen LogP contribution in [0.2, 0.25) is 0 Å². The first-order valence-electron chi connectivity index (χ1n) is 4.34. The number of hydrogen-bond donors (Lipinski definition) is 1. The van der Waals surface area contributed by atoms with Gasteiger partial charge in [-0.2, -0.15) is 5.26 Å². The molecule has 0 aliphatic heterocycles.